The summed E-state index contributed by atoms with van der Waals surface area (Å²) in [7, 11) is 0. The highest BCUT2D eigenvalue weighted by Crippen LogP contribution is 2.67. The number of alkyl halides is 2. The molecule has 1 saturated carbocycles. The molecule has 0 amide bonds. The summed E-state index contributed by atoms with van der Waals surface area (Å²) < 4.78 is 38.2. The highest BCUT2D eigenvalue weighted by atomic mass is 19.3. The van der Waals surface area contributed by atoms with Crippen molar-refractivity contribution in [3.05, 3.63) is 41.0 Å². The van der Waals surface area contributed by atoms with Crippen LogP contribution in [0.4, 0.5) is 8.78 Å². The van der Waals surface area contributed by atoms with Crippen LogP contribution < -0.4 is 0 Å². The third-order valence-electron chi connectivity index (χ3n) is 4.68. The van der Waals surface area contributed by atoms with Crippen molar-refractivity contribution in [2.45, 2.75) is 44.0 Å². The highest BCUT2D eigenvalue weighted by Gasteiger charge is 2.71. The Morgan fingerprint density at radius 3 is 2.81 bits per heavy atom. The molecule has 2 nitrogen and oxygen atoms in total. The van der Waals surface area contributed by atoms with Crippen molar-refractivity contribution in [2.24, 2.45) is 5.92 Å². The predicted octanol–water partition coefficient (Wildman–Crippen LogP) is 3.76. The molecule has 0 bridgehead atoms. The molecule has 3 aliphatic rings. The summed E-state index contributed by atoms with van der Waals surface area (Å²) in [6.07, 6.45) is 4.31. The number of ether oxygens (including phenoxy) is 2. The molecule has 0 spiro atoms. The van der Waals surface area contributed by atoms with E-state index in [2.05, 4.69) is 0 Å². The molecule has 2 unspecified atom stereocenters. The summed E-state index contributed by atoms with van der Waals surface area (Å²) in [4.78, 5) is 0. The molecular formula is C17H18F2O2. The van der Waals surface area contributed by atoms with E-state index >= 15 is 0 Å². The molecule has 2 fully saturated rings. The monoisotopic (exact) mass is 292 g/mol. The van der Waals surface area contributed by atoms with Gasteiger partial charge >= 0.3 is 0 Å². The minimum atomic E-state index is -2.48. The van der Waals surface area contributed by atoms with Crippen LogP contribution >= 0.6 is 0 Å². The highest BCUT2D eigenvalue weighted by molar-refractivity contribution is 5.57. The zero-order valence-electron chi connectivity index (χ0n) is 12.1. The summed E-state index contributed by atoms with van der Waals surface area (Å²) in [6, 6.07) is 5.87. The standard InChI is InChI=1S/C17H18F2O2/c1-16(2)20-9-12(21-16)6-4-10-3-5-11-8-14-15(13(11)7-10)17(14,18)19/h3-7,12,14-15H,8-9H2,1-2H3/b6-4+/t12-,14?,15?/m0/s1. The molecule has 1 aromatic rings. The first-order valence-electron chi connectivity index (χ1n) is 7.37. The van der Waals surface area contributed by atoms with Gasteiger partial charge in [-0.2, -0.15) is 0 Å². The largest absolute Gasteiger partial charge is 0.347 e. The van der Waals surface area contributed by atoms with Crippen molar-refractivity contribution in [2.75, 3.05) is 6.61 Å². The third-order valence-corrected chi connectivity index (χ3v) is 4.68. The fourth-order valence-electron chi connectivity index (χ4n) is 3.53. The molecule has 4 heteroatoms. The maximum absolute atomic E-state index is 13.5. The number of hydrogen-bond acceptors (Lipinski definition) is 2. The molecule has 112 valence electrons. The van der Waals surface area contributed by atoms with Gasteiger partial charge in [0.25, 0.3) is 5.92 Å². The lowest BCUT2D eigenvalue weighted by Crippen LogP contribution is -2.20. The van der Waals surface area contributed by atoms with Gasteiger partial charge < -0.3 is 9.47 Å². The Kier molecular flexibility index (Phi) is 2.64. The minimum absolute atomic E-state index is 0.0802. The molecule has 1 aliphatic heterocycles. The average Bonchev–Trinajstić information content (AvgIpc) is 2.78. The van der Waals surface area contributed by atoms with Crippen LogP contribution in [0.3, 0.4) is 0 Å². The molecular weight excluding hydrogens is 274 g/mol. The SMILES string of the molecule is CC1(C)OC[C@H](/C=C/c2ccc3c(c2)C2C(C3)C2(F)F)O1. The maximum Gasteiger partial charge on any atom is 0.259 e. The van der Waals surface area contributed by atoms with Gasteiger partial charge in [0.1, 0.15) is 6.10 Å². The van der Waals surface area contributed by atoms with Gasteiger partial charge in [0, 0.05) is 5.92 Å². The van der Waals surface area contributed by atoms with Gasteiger partial charge in [-0.25, -0.2) is 8.78 Å². The van der Waals surface area contributed by atoms with Crippen molar-refractivity contribution in [1.29, 1.82) is 0 Å². The molecule has 2 aliphatic carbocycles. The summed E-state index contributed by atoms with van der Waals surface area (Å²) in [5.41, 5.74) is 2.86. The van der Waals surface area contributed by atoms with E-state index in [1.165, 1.54) is 0 Å². The van der Waals surface area contributed by atoms with Crippen LogP contribution in [0.1, 0.15) is 36.5 Å². The van der Waals surface area contributed by atoms with E-state index in [0.717, 1.165) is 16.7 Å². The summed E-state index contributed by atoms with van der Waals surface area (Å²) in [5.74, 6) is -4.04. The number of fused-ring (bicyclic) bond motifs is 3. The van der Waals surface area contributed by atoms with Crippen LogP contribution in [-0.4, -0.2) is 24.4 Å². The van der Waals surface area contributed by atoms with E-state index in [1.807, 2.05) is 44.2 Å². The van der Waals surface area contributed by atoms with Gasteiger partial charge in [-0.3, -0.25) is 0 Å². The fourth-order valence-corrected chi connectivity index (χ4v) is 3.53. The first-order chi connectivity index (χ1) is 9.87. The van der Waals surface area contributed by atoms with Crippen molar-refractivity contribution in [3.63, 3.8) is 0 Å². The number of hydrogen-bond donors (Lipinski definition) is 0. The van der Waals surface area contributed by atoms with E-state index in [1.54, 1.807) is 0 Å². The lowest BCUT2D eigenvalue weighted by atomic mass is 10.0. The second kappa shape index (κ2) is 4.14. The Morgan fingerprint density at radius 1 is 1.29 bits per heavy atom. The van der Waals surface area contributed by atoms with Crippen molar-refractivity contribution in [3.8, 4) is 0 Å². The van der Waals surface area contributed by atoms with Crippen LogP contribution in [0.2, 0.25) is 0 Å². The number of rotatable bonds is 2. The van der Waals surface area contributed by atoms with E-state index < -0.39 is 23.5 Å². The summed E-state index contributed by atoms with van der Waals surface area (Å²) in [6.45, 7) is 4.29. The third kappa shape index (κ3) is 2.12. The van der Waals surface area contributed by atoms with Crippen LogP contribution in [-0.2, 0) is 15.9 Å². The lowest BCUT2D eigenvalue weighted by molar-refractivity contribution is -0.133. The van der Waals surface area contributed by atoms with Gasteiger partial charge in [0.2, 0.25) is 0 Å². The summed E-state index contributed by atoms with van der Waals surface area (Å²) in [5, 5.41) is 0. The van der Waals surface area contributed by atoms with Crippen molar-refractivity contribution < 1.29 is 18.3 Å². The molecule has 1 aromatic carbocycles. The molecule has 1 saturated heterocycles. The van der Waals surface area contributed by atoms with Crippen LogP contribution in [0.5, 0.6) is 0 Å². The number of halogens is 2. The Bertz CT molecular complexity index is 621. The maximum atomic E-state index is 13.5. The topological polar surface area (TPSA) is 18.5 Å². The summed E-state index contributed by atoms with van der Waals surface area (Å²) >= 11 is 0. The Hall–Kier alpha value is -1.26. The molecule has 3 atom stereocenters. The second-order valence-corrected chi connectivity index (χ2v) is 6.65. The molecule has 21 heavy (non-hydrogen) atoms. The molecule has 4 rings (SSSR count). The predicted molar refractivity (Wildman–Crippen MR) is 75.3 cm³/mol. The van der Waals surface area contributed by atoms with E-state index in [4.69, 9.17) is 9.47 Å². The zero-order valence-corrected chi connectivity index (χ0v) is 12.1. The number of benzene rings is 1. The normalized spacial score (nSPS) is 35.0. The molecule has 0 aromatic heterocycles. The fraction of sp³-hybridized carbons (Fsp3) is 0.529. The smallest absolute Gasteiger partial charge is 0.259 e. The lowest BCUT2D eigenvalue weighted by Gasteiger charge is -2.15. The van der Waals surface area contributed by atoms with Gasteiger partial charge in [-0.15, -0.1) is 0 Å². The van der Waals surface area contributed by atoms with Gasteiger partial charge in [-0.05, 0) is 37.0 Å². The van der Waals surface area contributed by atoms with Gasteiger partial charge in [0.05, 0.1) is 12.5 Å². The zero-order chi connectivity index (χ0) is 14.8. The molecule has 1 heterocycles. The second-order valence-electron chi connectivity index (χ2n) is 6.65. The molecule has 0 radical (unpaired) electrons. The minimum Gasteiger partial charge on any atom is -0.347 e. The van der Waals surface area contributed by atoms with E-state index in [0.29, 0.717) is 13.0 Å². The van der Waals surface area contributed by atoms with E-state index in [9.17, 15) is 8.78 Å². The van der Waals surface area contributed by atoms with E-state index in [-0.39, 0.29) is 6.10 Å². The van der Waals surface area contributed by atoms with Crippen molar-refractivity contribution >= 4 is 6.08 Å². The Morgan fingerprint density at radius 2 is 2.10 bits per heavy atom. The molecule has 0 N–H and O–H groups in total. The van der Waals surface area contributed by atoms with Crippen LogP contribution in [0.15, 0.2) is 24.3 Å². The van der Waals surface area contributed by atoms with Gasteiger partial charge in [-0.1, -0.05) is 30.4 Å². The van der Waals surface area contributed by atoms with Crippen LogP contribution in [0, 0.1) is 5.92 Å². The van der Waals surface area contributed by atoms with Crippen LogP contribution in [0.25, 0.3) is 6.08 Å². The average molecular weight is 292 g/mol. The Balaban J connectivity index is 1.52. The van der Waals surface area contributed by atoms with Gasteiger partial charge in [0.15, 0.2) is 5.79 Å². The first-order valence-corrected chi connectivity index (χ1v) is 7.37. The van der Waals surface area contributed by atoms with Crippen molar-refractivity contribution in [1.82, 2.24) is 0 Å². The quantitative estimate of drug-likeness (QED) is 0.826. The Labute approximate surface area is 122 Å². The first kappa shape index (κ1) is 13.4.